The van der Waals surface area contributed by atoms with E-state index >= 15 is 0 Å². The maximum absolute atomic E-state index is 14.2. The van der Waals surface area contributed by atoms with Gasteiger partial charge in [0.15, 0.2) is 0 Å². The van der Waals surface area contributed by atoms with Gasteiger partial charge in [-0.1, -0.05) is 23.7 Å². The van der Waals surface area contributed by atoms with Gasteiger partial charge in [0.25, 0.3) is 0 Å². The summed E-state index contributed by atoms with van der Waals surface area (Å²) in [7, 11) is 0. The van der Waals surface area contributed by atoms with Crippen LogP contribution in [0.25, 0.3) is 0 Å². The molecule has 6 nitrogen and oxygen atoms in total. The Kier molecular flexibility index (Phi) is 7.04. The minimum atomic E-state index is -5.25. The smallest absolute Gasteiger partial charge is 0.462 e. The van der Waals surface area contributed by atoms with E-state index in [0.717, 1.165) is 6.07 Å². The number of anilines is 2. The van der Waals surface area contributed by atoms with Gasteiger partial charge >= 0.3 is 18.1 Å². The van der Waals surface area contributed by atoms with Gasteiger partial charge < -0.3 is 10.2 Å². The third kappa shape index (κ3) is 5.36. The number of carbonyl (C=O) groups is 2. The molecule has 11 heteroatoms. The number of hydrazine groups is 1. The van der Waals surface area contributed by atoms with Crippen LogP contribution in [0.5, 0.6) is 0 Å². The molecule has 3 N–H and O–H groups in total. The molecule has 0 heterocycles. The second-order valence-electron chi connectivity index (χ2n) is 5.73. The number of amides is 1. The lowest BCUT2D eigenvalue weighted by molar-refractivity contribution is -0.170. The van der Waals surface area contributed by atoms with Crippen LogP contribution >= 0.6 is 11.6 Å². The molecule has 2 aromatic carbocycles. The third-order valence-corrected chi connectivity index (χ3v) is 3.98. The zero-order chi connectivity index (χ0) is 21.8. The summed E-state index contributed by atoms with van der Waals surface area (Å²) in [4.78, 5) is 24.4. The summed E-state index contributed by atoms with van der Waals surface area (Å²) in [6.07, 6.45) is -5.25. The number of hydrogen-bond donors (Lipinski definition) is 2. The minimum absolute atomic E-state index is 0.0851. The summed E-state index contributed by atoms with van der Waals surface area (Å²) in [6.45, 7) is 0.824. The SMILES string of the molecule is CCOC(=O)c1cc(N(Cc2cccc(Cl)c2)C(=O)C(F)(F)F)c(NN)cc1F. The first-order chi connectivity index (χ1) is 13.6. The van der Waals surface area contributed by atoms with Gasteiger partial charge in [-0.05, 0) is 30.7 Å². The topological polar surface area (TPSA) is 84.7 Å². The predicted octanol–water partition coefficient (Wildman–Crippen LogP) is 4.04. The predicted molar refractivity (Wildman–Crippen MR) is 98.9 cm³/mol. The average molecular weight is 434 g/mol. The Hall–Kier alpha value is -2.85. The Morgan fingerprint density at radius 2 is 1.93 bits per heavy atom. The number of esters is 1. The van der Waals surface area contributed by atoms with E-state index in [1.807, 2.05) is 5.43 Å². The second-order valence-corrected chi connectivity index (χ2v) is 6.17. The first-order valence-electron chi connectivity index (χ1n) is 8.18. The van der Waals surface area contributed by atoms with Gasteiger partial charge in [0, 0.05) is 11.1 Å². The number of halogens is 5. The number of nitrogens with two attached hydrogens (primary N) is 1. The van der Waals surface area contributed by atoms with Gasteiger partial charge in [0.05, 0.1) is 30.1 Å². The fourth-order valence-corrected chi connectivity index (χ4v) is 2.72. The van der Waals surface area contributed by atoms with Gasteiger partial charge in [-0.25, -0.2) is 9.18 Å². The molecule has 2 rings (SSSR count). The van der Waals surface area contributed by atoms with Crippen molar-refractivity contribution in [1.82, 2.24) is 0 Å². The number of ether oxygens (including phenoxy) is 1. The Labute approximate surface area is 168 Å². The molecule has 0 bridgehead atoms. The van der Waals surface area contributed by atoms with E-state index in [9.17, 15) is 27.2 Å². The first kappa shape index (κ1) is 22.4. The van der Waals surface area contributed by atoms with Gasteiger partial charge in [-0.3, -0.25) is 15.5 Å². The van der Waals surface area contributed by atoms with Crippen LogP contribution in [0.1, 0.15) is 22.8 Å². The number of nitrogens with one attached hydrogen (secondary N) is 1. The van der Waals surface area contributed by atoms with Crippen molar-refractivity contribution in [3.8, 4) is 0 Å². The molecule has 0 saturated carbocycles. The van der Waals surface area contributed by atoms with Gasteiger partial charge in [-0.2, -0.15) is 13.2 Å². The van der Waals surface area contributed by atoms with Crippen molar-refractivity contribution in [1.29, 1.82) is 0 Å². The summed E-state index contributed by atoms with van der Waals surface area (Å²) < 4.78 is 58.6. The Morgan fingerprint density at radius 1 is 1.24 bits per heavy atom. The highest BCUT2D eigenvalue weighted by molar-refractivity contribution is 6.30. The molecule has 0 aliphatic heterocycles. The molecule has 0 unspecified atom stereocenters. The molecule has 1 amide bonds. The summed E-state index contributed by atoms with van der Waals surface area (Å²) in [5, 5.41) is 0.241. The molecular formula is C18H16ClF4N3O3. The average Bonchev–Trinajstić information content (AvgIpc) is 2.65. The quantitative estimate of drug-likeness (QED) is 0.311. The van der Waals surface area contributed by atoms with Crippen LogP contribution in [0.2, 0.25) is 5.02 Å². The van der Waals surface area contributed by atoms with Crippen molar-refractivity contribution in [3.05, 3.63) is 58.4 Å². The molecule has 0 aliphatic carbocycles. The van der Waals surface area contributed by atoms with E-state index in [1.165, 1.54) is 31.2 Å². The highest BCUT2D eigenvalue weighted by Gasteiger charge is 2.44. The monoisotopic (exact) mass is 433 g/mol. The molecule has 29 heavy (non-hydrogen) atoms. The van der Waals surface area contributed by atoms with Crippen LogP contribution < -0.4 is 16.2 Å². The van der Waals surface area contributed by atoms with Gasteiger partial charge in [0.1, 0.15) is 5.82 Å². The van der Waals surface area contributed by atoms with Crippen LogP contribution in [0.4, 0.5) is 28.9 Å². The summed E-state index contributed by atoms with van der Waals surface area (Å²) >= 11 is 5.86. The van der Waals surface area contributed by atoms with E-state index in [0.29, 0.717) is 11.0 Å². The standard InChI is InChI=1S/C18H16ClF4N3O3/c1-2-29-16(27)12-7-15(14(25-24)8-13(12)20)26(17(28)18(21,22)23)9-10-4-3-5-11(19)6-10/h3-8,25H,2,9,24H2,1H3. The zero-order valence-corrected chi connectivity index (χ0v) is 15.8. The van der Waals surface area contributed by atoms with Crippen molar-refractivity contribution >= 4 is 34.9 Å². The van der Waals surface area contributed by atoms with E-state index in [2.05, 4.69) is 0 Å². The lowest BCUT2D eigenvalue weighted by Gasteiger charge is -2.26. The van der Waals surface area contributed by atoms with Crippen molar-refractivity contribution in [2.45, 2.75) is 19.6 Å². The number of carbonyl (C=O) groups excluding carboxylic acids is 2. The van der Waals surface area contributed by atoms with Crippen molar-refractivity contribution < 1.29 is 31.9 Å². The van der Waals surface area contributed by atoms with E-state index < -0.39 is 41.7 Å². The van der Waals surface area contributed by atoms with Crippen molar-refractivity contribution in [3.63, 3.8) is 0 Å². The third-order valence-electron chi connectivity index (χ3n) is 3.74. The molecule has 0 radical (unpaired) electrons. The largest absolute Gasteiger partial charge is 0.471 e. The Balaban J connectivity index is 2.63. The van der Waals surface area contributed by atoms with E-state index in [1.54, 1.807) is 0 Å². The normalized spacial score (nSPS) is 11.1. The molecule has 0 aliphatic rings. The fourth-order valence-electron chi connectivity index (χ4n) is 2.50. The van der Waals surface area contributed by atoms with E-state index in [-0.39, 0.29) is 22.9 Å². The van der Waals surface area contributed by atoms with Crippen molar-refractivity contribution in [2.24, 2.45) is 5.84 Å². The van der Waals surface area contributed by atoms with Crippen LogP contribution in [0, 0.1) is 5.82 Å². The van der Waals surface area contributed by atoms with Crippen LogP contribution in [-0.2, 0) is 16.1 Å². The summed E-state index contributed by atoms with van der Waals surface area (Å²) in [5.74, 6) is 0.874. The number of rotatable bonds is 6. The lowest BCUT2D eigenvalue weighted by Crippen LogP contribution is -2.41. The van der Waals surface area contributed by atoms with Crippen molar-refractivity contribution in [2.75, 3.05) is 16.9 Å². The van der Waals surface area contributed by atoms with E-state index in [4.69, 9.17) is 22.2 Å². The van der Waals surface area contributed by atoms with Crippen LogP contribution in [-0.4, -0.2) is 24.7 Å². The molecule has 156 valence electrons. The molecule has 0 atom stereocenters. The number of benzene rings is 2. The lowest BCUT2D eigenvalue weighted by atomic mass is 10.1. The number of nitrogen functional groups attached to an aromatic ring is 1. The maximum atomic E-state index is 14.2. The molecule has 0 fully saturated rings. The van der Waals surface area contributed by atoms with Gasteiger partial charge in [-0.15, -0.1) is 0 Å². The molecule has 2 aromatic rings. The Bertz CT molecular complexity index is 922. The fraction of sp³-hybridized carbons (Fsp3) is 0.222. The Morgan fingerprint density at radius 3 is 2.48 bits per heavy atom. The summed E-state index contributed by atoms with van der Waals surface area (Å²) in [5.41, 5.74) is 0.860. The molecule has 0 saturated heterocycles. The number of alkyl halides is 3. The second kappa shape index (κ2) is 9.10. The first-order valence-corrected chi connectivity index (χ1v) is 8.56. The van der Waals surface area contributed by atoms with Gasteiger partial charge in [0.2, 0.25) is 0 Å². The highest BCUT2D eigenvalue weighted by Crippen LogP contribution is 2.33. The van der Waals surface area contributed by atoms with Crippen LogP contribution in [0.3, 0.4) is 0 Å². The highest BCUT2D eigenvalue weighted by atomic mass is 35.5. The summed E-state index contributed by atoms with van der Waals surface area (Å²) in [6, 6.07) is 7.29. The molecule has 0 spiro atoms. The number of nitrogens with zero attached hydrogens (tertiary/aromatic N) is 1. The zero-order valence-electron chi connectivity index (χ0n) is 15.0. The van der Waals surface area contributed by atoms with Crippen LogP contribution in [0.15, 0.2) is 36.4 Å². The molecule has 0 aromatic heterocycles. The number of hydrogen-bond acceptors (Lipinski definition) is 5. The minimum Gasteiger partial charge on any atom is -0.462 e. The maximum Gasteiger partial charge on any atom is 0.471 e. The molecular weight excluding hydrogens is 418 g/mol.